The molecule has 1 amide bonds. The van der Waals surface area contributed by atoms with Crippen molar-refractivity contribution in [2.24, 2.45) is 0 Å². The molecule has 5 heteroatoms. The Kier molecular flexibility index (Phi) is 3.49. The van der Waals surface area contributed by atoms with Crippen LogP contribution in [-0.2, 0) is 4.79 Å². The van der Waals surface area contributed by atoms with Crippen LogP contribution in [0, 0.1) is 0 Å². The summed E-state index contributed by atoms with van der Waals surface area (Å²) in [7, 11) is 0. The highest BCUT2D eigenvalue weighted by Crippen LogP contribution is 2.42. The van der Waals surface area contributed by atoms with E-state index >= 15 is 0 Å². The fourth-order valence-corrected chi connectivity index (χ4v) is 3.32. The second kappa shape index (κ2) is 5.67. The van der Waals surface area contributed by atoms with Gasteiger partial charge in [-0.2, -0.15) is 5.10 Å². The molecule has 5 nitrogen and oxygen atoms in total. The third kappa shape index (κ3) is 2.33. The lowest BCUT2D eigenvalue weighted by Crippen LogP contribution is -2.25. The molecule has 3 aromatic rings. The van der Waals surface area contributed by atoms with Crippen molar-refractivity contribution < 1.29 is 9.21 Å². The van der Waals surface area contributed by atoms with Crippen LogP contribution < -0.4 is 5.32 Å². The summed E-state index contributed by atoms with van der Waals surface area (Å²) >= 11 is 0. The Balaban J connectivity index is 1.95. The van der Waals surface area contributed by atoms with Crippen molar-refractivity contribution in [1.82, 2.24) is 9.78 Å². The molecule has 1 aliphatic rings. The quantitative estimate of drug-likeness (QED) is 0.791. The van der Waals surface area contributed by atoms with Gasteiger partial charge in [-0.15, -0.1) is 0 Å². The summed E-state index contributed by atoms with van der Waals surface area (Å²) in [6.07, 6.45) is 3.78. The number of carbonyl (C=O) groups excluding carboxylic acids is 1. The van der Waals surface area contributed by atoms with Crippen LogP contribution in [0.2, 0.25) is 0 Å². The van der Waals surface area contributed by atoms with E-state index in [4.69, 9.17) is 9.52 Å². The highest BCUT2D eigenvalue weighted by atomic mass is 16.3. The third-order valence-corrected chi connectivity index (χ3v) is 4.44. The van der Waals surface area contributed by atoms with Gasteiger partial charge < -0.3 is 9.73 Å². The first-order chi connectivity index (χ1) is 11.6. The van der Waals surface area contributed by atoms with Crippen molar-refractivity contribution in [3.05, 3.63) is 65.7 Å². The van der Waals surface area contributed by atoms with Crippen LogP contribution in [0.25, 0.3) is 5.69 Å². The standard InChI is InChI=1S/C19H19N3O2/c1-12(2)18-17-15(13-8-9-24-11-13)10-16(23)20-19(17)22(21-18)14-6-4-3-5-7-14/h3-9,11-12,15H,10H2,1-2H3,(H,20,23)/t15-/m0/s1. The Bertz CT molecular complexity index is 864. The number of hydrogen-bond donors (Lipinski definition) is 1. The molecule has 1 aromatic carbocycles. The molecule has 24 heavy (non-hydrogen) atoms. The summed E-state index contributed by atoms with van der Waals surface area (Å²) in [6.45, 7) is 4.25. The summed E-state index contributed by atoms with van der Waals surface area (Å²) < 4.78 is 7.09. The van der Waals surface area contributed by atoms with Crippen LogP contribution >= 0.6 is 0 Å². The number of rotatable bonds is 3. The van der Waals surface area contributed by atoms with E-state index in [0.29, 0.717) is 6.42 Å². The van der Waals surface area contributed by atoms with Gasteiger partial charge in [-0.25, -0.2) is 4.68 Å². The van der Waals surface area contributed by atoms with Crippen molar-refractivity contribution >= 4 is 11.7 Å². The number of carbonyl (C=O) groups is 1. The summed E-state index contributed by atoms with van der Waals surface area (Å²) in [4.78, 5) is 12.3. The van der Waals surface area contributed by atoms with Gasteiger partial charge in [0.25, 0.3) is 0 Å². The fraction of sp³-hybridized carbons (Fsp3) is 0.263. The number of nitrogens with one attached hydrogen (secondary N) is 1. The molecule has 1 aliphatic heterocycles. The summed E-state index contributed by atoms with van der Waals surface area (Å²) in [5, 5.41) is 7.85. The smallest absolute Gasteiger partial charge is 0.226 e. The number of fused-ring (bicyclic) bond motifs is 1. The zero-order valence-electron chi connectivity index (χ0n) is 13.7. The van der Waals surface area contributed by atoms with Gasteiger partial charge in [-0.1, -0.05) is 32.0 Å². The topological polar surface area (TPSA) is 60.1 Å². The monoisotopic (exact) mass is 321 g/mol. The number of benzene rings is 1. The van der Waals surface area contributed by atoms with E-state index in [2.05, 4.69) is 19.2 Å². The average Bonchev–Trinajstić information content (AvgIpc) is 3.22. The Labute approximate surface area is 140 Å². The maximum Gasteiger partial charge on any atom is 0.226 e. The molecule has 2 aromatic heterocycles. The second-order valence-electron chi connectivity index (χ2n) is 6.41. The molecule has 0 unspecified atom stereocenters. The molecule has 0 fully saturated rings. The Morgan fingerprint density at radius 1 is 1.25 bits per heavy atom. The maximum absolute atomic E-state index is 12.3. The van der Waals surface area contributed by atoms with Crippen molar-refractivity contribution in [3.8, 4) is 5.69 Å². The molecule has 0 radical (unpaired) electrons. The van der Waals surface area contributed by atoms with Gasteiger partial charge in [0.1, 0.15) is 5.82 Å². The number of furan rings is 1. The van der Waals surface area contributed by atoms with Crippen LogP contribution in [0.1, 0.15) is 48.9 Å². The molecular formula is C19H19N3O2. The number of nitrogens with zero attached hydrogens (tertiary/aromatic N) is 2. The Morgan fingerprint density at radius 2 is 2.04 bits per heavy atom. The SMILES string of the molecule is CC(C)c1nn(-c2ccccc2)c2c1[C@H](c1ccoc1)CC(=O)N2. The third-order valence-electron chi connectivity index (χ3n) is 4.44. The first-order valence-corrected chi connectivity index (χ1v) is 8.15. The van der Waals surface area contributed by atoms with Crippen molar-refractivity contribution in [2.45, 2.75) is 32.1 Å². The maximum atomic E-state index is 12.3. The van der Waals surface area contributed by atoms with Gasteiger partial charge in [0.05, 0.1) is 23.9 Å². The van der Waals surface area contributed by atoms with Crippen LogP contribution in [0.4, 0.5) is 5.82 Å². The molecule has 4 rings (SSSR count). The van der Waals surface area contributed by atoms with Gasteiger partial charge in [-0.3, -0.25) is 4.79 Å². The van der Waals surface area contributed by atoms with Crippen molar-refractivity contribution in [1.29, 1.82) is 0 Å². The largest absolute Gasteiger partial charge is 0.472 e. The van der Waals surface area contributed by atoms with E-state index in [-0.39, 0.29) is 17.7 Å². The van der Waals surface area contributed by atoms with Crippen LogP contribution in [0.5, 0.6) is 0 Å². The minimum absolute atomic E-state index is 0.00101. The minimum atomic E-state index is -0.0256. The Hall–Kier alpha value is -2.82. The van der Waals surface area contributed by atoms with Gasteiger partial charge in [0.2, 0.25) is 5.91 Å². The zero-order chi connectivity index (χ0) is 16.7. The van der Waals surface area contributed by atoms with E-state index in [0.717, 1.165) is 28.3 Å². The average molecular weight is 321 g/mol. The molecule has 1 N–H and O–H groups in total. The van der Waals surface area contributed by atoms with Crippen LogP contribution in [0.15, 0.2) is 53.3 Å². The second-order valence-corrected chi connectivity index (χ2v) is 6.41. The van der Waals surface area contributed by atoms with Crippen molar-refractivity contribution in [2.75, 3.05) is 5.32 Å². The van der Waals surface area contributed by atoms with Crippen LogP contribution in [-0.4, -0.2) is 15.7 Å². The Morgan fingerprint density at radius 3 is 2.71 bits per heavy atom. The number of hydrogen-bond acceptors (Lipinski definition) is 3. The molecule has 1 atom stereocenters. The minimum Gasteiger partial charge on any atom is -0.472 e. The predicted molar refractivity (Wildman–Crippen MR) is 91.5 cm³/mol. The molecule has 0 saturated heterocycles. The summed E-state index contributed by atoms with van der Waals surface area (Å²) in [5.74, 6) is 1.00. The highest BCUT2D eigenvalue weighted by Gasteiger charge is 2.34. The van der Waals surface area contributed by atoms with Gasteiger partial charge in [-0.05, 0) is 29.7 Å². The van der Waals surface area contributed by atoms with Gasteiger partial charge in [0, 0.05) is 17.9 Å². The molecular weight excluding hydrogens is 302 g/mol. The molecule has 3 heterocycles. The lowest BCUT2D eigenvalue weighted by molar-refractivity contribution is -0.116. The number of aromatic nitrogens is 2. The lowest BCUT2D eigenvalue weighted by atomic mass is 9.85. The highest BCUT2D eigenvalue weighted by molar-refractivity contribution is 5.95. The number of anilines is 1. The van der Waals surface area contributed by atoms with Gasteiger partial charge in [0.15, 0.2) is 0 Å². The van der Waals surface area contributed by atoms with E-state index in [1.54, 1.807) is 12.5 Å². The van der Waals surface area contributed by atoms with E-state index < -0.39 is 0 Å². The molecule has 122 valence electrons. The predicted octanol–water partition coefficient (Wildman–Crippen LogP) is 4.06. The zero-order valence-corrected chi connectivity index (χ0v) is 13.7. The van der Waals surface area contributed by atoms with Crippen molar-refractivity contribution in [3.63, 3.8) is 0 Å². The fourth-order valence-electron chi connectivity index (χ4n) is 3.32. The first-order valence-electron chi connectivity index (χ1n) is 8.15. The van der Waals surface area contributed by atoms with E-state index in [1.807, 2.05) is 41.1 Å². The number of para-hydroxylation sites is 1. The lowest BCUT2D eigenvalue weighted by Gasteiger charge is -2.24. The first kappa shape index (κ1) is 14.8. The summed E-state index contributed by atoms with van der Waals surface area (Å²) in [5.41, 5.74) is 4.06. The van der Waals surface area contributed by atoms with E-state index in [9.17, 15) is 4.79 Å². The number of amides is 1. The molecule has 0 aliphatic carbocycles. The summed E-state index contributed by atoms with van der Waals surface area (Å²) in [6, 6.07) is 11.8. The molecule has 0 spiro atoms. The van der Waals surface area contributed by atoms with Crippen LogP contribution in [0.3, 0.4) is 0 Å². The molecule has 0 bridgehead atoms. The van der Waals surface area contributed by atoms with Gasteiger partial charge >= 0.3 is 0 Å². The molecule has 0 saturated carbocycles. The van der Waals surface area contributed by atoms with E-state index in [1.165, 1.54) is 0 Å². The normalized spacial score (nSPS) is 17.0.